The Morgan fingerprint density at radius 1 is 1.02 bits per heavy atom. The fraction of sp³-hybridized carbons (Fsp3) is 0.355. The Morgan fingerprint density at radius 3 is 2.44 bits per heavy atom. The lowest BCUT2D eigenvalue weighted by Gasteiger charge is -2.38. The monoisotopic (exact) mass is 560 g/mol. The highest BCUT2D eigenvalue weighted by Crippen LogP contribution is 2.34. The Balaban J connectivity index is 1.34. The number of amides is 3. The molecule has 0 aromatic heterocycles. The van der Waals surface area contributed by atoms with Crippen molar-refractivity contribution < 1.29 is 28.9 Å². The molecule has 3 N–H and O–H groups in total. The first-order chi connectivity index (χ1) is 19.8. The molecule has 3 aromatic carbocycles. The van der Waals surface area contributed by atoms with E-state index in [4.69, 9.17) is 14.2 Å². The van der Waals surface area contributed by atoms with Crippen LogP contribution in [0.3, 0.4) is 0 Å². The summed E-state index contributed by atoms with van der Waals surface area (Å²) in [5.41, 5.74) is 2.50. The van der Waals surface area contributed by atoms with Crippen molar-refractivity contribution >= 4 is 23.3 Å². The Labute approximate surface area is 239 Å². The van der Waals surface area contributed by atoms with Gasteiger partial charge in [-0.3, -0.25) is 9.69 Å². The number of fused-ring (bicyclic) bond motifs is 2. The van der Waals surface area contributed by atoms with Gasteiger partial charge in [-0.15, -0.1) is 0 Å². The molecule has 3 amide bonds. The maximum Gasteiger partial charge on any atom is 0.323 e. The van der Waals surface area contributed by atoms with Crippen molar-refractivity contribution in [3.63, 3.8) is 0 Å². The van der Waals surface area contributed by atoms with Crippen LogP contribution in [0, 0.1) is 5.92 Å². The number of carbonyl (C=O) groups excluding carboxylic acids is 2. The Kier molecular flexibility index (Phi) is 8.61. The zero-order valence-electron chi connectivity index (χ0n) is 23.5. The minimum Gasteiger partial charge on any atom is -0.488 e. The number of anilines is 2. The summed E-state index contributed by atoms with van der Waals surface area (Å²) >= 11 is 0. The van der Waals surface area contributed by atoms with Crippen LogP contribution in [0.4, 0.5) is 16.2 Å². The van der Waals surface area contributed by atoms with Gasteiger partial charge in [-0.05, 0) is 49.9 Å². The van der Waals surface area contributed by atoms with Crippen LogP contribution in [-0.2, 0) is 6.54 Å². The number of benzene rings is 3. The van der Waals surface area contributed by atoms with E-state index in [1.54, 1.807) is 41.3 Å². The predicted octanol–water partition coefficient (Wildman–Crippen LogP) is 4.41. The number of hydrogen-bond acceptors (Lipinski definition) is 7. The summed E-state index contributed by atoms with van der Waals surface area (Å²) in [5, 5.41) is 15.5. The molecule has 10 heteroatoms. The summed E-state index contributed by atoms with van der Waals surface area (Å²) in [7, 11) is 2.05. The molecule has 5 rings (SSSR count). The second-order valence-electron chi connectivity index (χ2n) is 10.7. The molecule has 0 radical (unpaired) electrons. The van der Waals surface area contributed by atoms with Crippen molar-refractivity contribution in [2.24, 2.45) is 5.92 Å². The minimum absolute atomic E-state index is 0.00426. The zero-order chi connectivity index (χ0) is 28.9. The van der Waals surface area contributed by atoms with Crippen molar-refractivity contribution in [2.75, 3.05) is 44.2 Å². The third-order valence-electron chi connectivity index (χ3n) is 7.34. The number of likely N-dealkylation sites (N-methyl/N-ethyl adjacent to an activating group) is 1. The second-order valence-corrected chi connectivity index (χ2v) is 10.7. The zero-order valence-corrected chi connectivity index (χ0v) is 23.5. The molecule has 0 fully saturated rings. The summed E-state index contributed by atoms with van der Waals surface area (Å²) in [5.74, 6) is 1.37. The highest BCUT2D eigenvalue weighted by atomic mass is 16.7. The Morgan fingerprint density at radius 2 is 1.71 bits per heavy atom. The number of carbonyl (C=O) groups is 2. The van der Waals surface area contributed by atoms with E-state index >= 15 is 0 Å². The van der Waals surface area contributed by atoms with Crippen LogP contribution in [0.25, 0.3) is 0 Å². The van der Waals surface area contributed by atoms with Crippen molar-refractivity contribution in [3.05, 3.63) is 77.9 Å². The van der Waals surface area contributed by atoms with Crippen LogP contribution in [0.5, 0.6) is 17.2 Å². The molecule has 216 valence electrons. The van der Waals surface area contributed by atoms with Crippen LogP contribution in [0.1, 0.15) is 29.8 Å². The molecule has 0 saturated heterocycles. The van der Waals surface area contributed by atoms with Crippen molar-refractivity contribution in [1.29, 1.82) is 0 Å². The first kappa shape index (κ1) is 28.3. The van der Waals surface area contributed by atoms with E-state index in [2.05, 4.69) is 34.6 Å². The molecule has 10 nitrogen and oxygen atoms in total. The molecule has 0 unspecified atom stereocenters. The molecule has 3 atom stereocenters. The summed E-state index contributed by atoms with van der Waals surface area (Å²) in [6.45, 7) is 5.69. The van der Waals surface area contributed by atoms with Gasteiger partial charge in [0.05, 0.1) is 18.2 Å². The molecule has 2 aliphatic rings. The number of urea groups is 1. The smallest absolute Gasteiger partial charge is 0.323 e. The molecule has 2 aliphatic heterocycles. The number of hydrogen-bond donors (Lipinski definition) is 3. The lowest BCUT2D eigenvalue weighted by atomic mass is 9.99. The number of nitrogens with one attached hydrogen (secondary N) is 2. The number of nitrogens with zero attached hydrogens (tertiary/aromatic N) is 2. The molecule has 0 aliphatic carbocycles. The van der Waals surface area contributed by atoms with Crippen LogP contribution < -0.4 is 24.8 Å². The summed E-state index contributed by atoms with van der Waals surface area (Å²) in [4.78, 5) is 30.4. The summed E-state index contributed by atoms with van der Waals surface area (Å²) < 4.78 is 17.2. The SMILES string of the molecule is C[C@@H]1CN([C@@H](C)CO)C(=O)c2cc(NC(=O)Nc3ccc4c(c3)OCO4)ccc2O[C@@H]1CN(C)Cc1ccccc1. The van der Waals surface area contributed by atoms with Crippen LogP contribution in [0.15, 0.2) is 66.7 Å². The predicted molar refractivity (Wildman–Crippen MR) is 156 cm³/mol. The van der Waals surface area contributed by atoms with E-state index in [9.17, 15) is 14.7 Å². The molecular formula is C31H36N4O6. The van der Waals surface area contributed by atoms with E-state index in [0.717, 1.165) is 6.54 Å². The average Bonchev–Trinajstić information content (AvgIpc) is 3.43. The summed E-state index contributed by atoms with van der Waals surface area (Å²) in [6, 6.07) is 19.5. The van der Waals surface area contributed by atoms with E-state index in [0.29, 0.717) is 47.3 Å². The fourth-order valence-corrected chi connectivity index (χ4v) is 5.05. The minimum atomic E-state index is -0.474. The summed E-state index contributed by atoms with van der Waals surface area (Å²) in [6.07, 6.45) is -0.211. The Hall–Kier alpha value is -4.28. The van der Waals surface area contributed by atoms with Gasteiger partial charge in [0.2, 0.25) is 6.79 Å². The topological polar surface area (TPSA) is 113 Å². The molecule has 0 bridgehead atoms. The van der Waals surface area contributed by atoms with Gasteiger partial charge in [0.1, 0.15) is 11.9 Å². The number of aliphatic hydroxyl groups excluding tert-OH is 1. The molecule has 2 heterocycles. The fourth-order valence-electron chi connectivity index (χ4n) is 5.05. The first-order valence-corrected chi connectivity index (χ1v) is 13.7. The van der Waals surface area contributed by atoms with Gasteiger partial charge in [0, 0.05) is 43.0 Å². The largest absolute Gasteiger partial charge is 0.488 e. The highest BCUT2D eigenvalue weighted by molar-refractivity contribution is 6.02. The Bertz CT molecular complexity index is 1380. The maximum absolute atomic E-state index is 13.7. The van der Waals surface area contributed by atoms with Crippen LogP contribution in [0.2, 0.25) is 0 Å². The quantitative estimate of drug-likeness (QED) is 0.374. The van der Waals surface area contributed by atoms with Crippen molar-refractivity contribution in [3.8, 4) is 17.2 Å². The van der Waals surface area contributed by atoms with Crippen LogP contribution >= 0.6 is 0 Å². The maximum atomic E-state index is 13.7. The molecule has 0 saturated carbocycles. The van der Waals surface area contributed by atoms with Gasteiger partial charge in [0.15, 0.2) is 11.5 Å². The molecular weight excluding hydrogens is 524 g/mol. The lowest BCUT2D eigenvalue weighted by Crippen LogP contribution is -2.49. The van der Waals surface area contributed by atoms with Gasteiger partial charge in [-0.2, -0.15) is 0 Å². The van der Waals surface area contributed by atoms with Gasteiger partial charge < -0.3 is 34.9 Å². The standard InChI is InChI=1S/C31H36N4O6/c1-20-15-35(21(2)18-36)30(37)25-13-23(32-31(38)33-24-10-12-27-28(14-24)40-19-39-27)9-11-26(25)41-29(20)17-34(3)16-22-7-5-4-6-8-22/h4-14,20-21,29,36H,15-19H2,1-3H3,(H2,32,33,38)/t20-,21+,29-/m1/s1. The normalized spacial score (nSPS) is 18.7. The highest BCUT2D eigenvalue weighted by Gasteiger charge is 2.33. The van der Waals surface area contributed by atoms with Crippen LogP contribution in [-0.4, -0.2) is 72.5 Å². The van der Waals surface area contributed by atoms with Gasteiger partial charge in [0.25, 0.3) is 5.91 Å². The lowest BCUT2D eigenvalue weighted by molar-refractivity contribution is 0.0341. The van der Waals surface area contributed by atoms with E-state index in [1.807, 2.05) is 32.2 Å². The van der Waals surface area contributed by atoms with E-state index in [1.165, 1.54) is 5.56 Å². The van der Waals surface area contributed by atoms with Crippen molar-refractivity contribution in [2.45, 2.75) is 32.5 Å². The van der Waals surface area contributed by atoms with Gasteiger partial charge >= 0.3 is 6.03 Å². The number of aliphatic hydroxyl groups is 1. The number of ether oxygens (including phenoxy) is 3. The second kappa shape index (κ2) is 12.5. The molecule has 0 spiro atoms. The number of rotatable bonds is 8. The third kappa shape index (κ3) is 6.72. The first-order valence-electron chi connectivity index (χ1n) is 13.7. The molecule has 41 heavy (non-hydrogen) atoms. The average molecular weight is 561 g/mol. The van der Waals surface area contributed by atoms with Gasteiger partial charge in [-0.1, -0.05) is 37.3 Å². The van der Waals surface area contributed by atoms with E-state index < -0.39 is 6.03 Å². The van der Waals surface area contributed by atoms with Gasteiger partial charge in [-0.25, -0.2) is 4.79 Å². The van der Waals surface area contributed by atoms with Crippen molar-refractivity contribution in [1.82, 2.24) is 9.80 Å². The van der Waals surface area contributed by atoms with E-state index in [-0.39, 0.29) is 37.4 Å². The third-order valence-corrected chi connectivity index (χ3v) is 7.34. The molecule has 3 aromatic rings.